The second kappa shape index (κ2) is 19.2. The van der Waals surface area contributed by atoms with Crippen molar-refractivity contribution in [3.05, 3.63) is 171 Å². The molecule has 16 aliphatic rings. The van der Waals surface area contributed by atoms with E-state index in [0.717, 1.165) is 83.1 Å². The maximum absolute atomic E-state index is 14.4. The number of dihydropyridines is 1. The molecule has 4 fully saturated rings. The topological polar surface area (TPSA) is 102 Å². The Balaban J connectivity index is 0.960. The third kappa shape index (κ3) is 7.46. The molecule has 6 nitrogen and oxygen atoms in total. The summed E-state index contributed by atoms with van der Waals surface area (Å²) in [5.41, 5.74) is 10.6. The summed E-state index contributed by atoms with van der Waals surface area (Å²) in [5.74, 6) is 8.82. The van der Waals surface area contributed by atoms with Gasteiger partial charge >= 0.3 is 5.97 Å². The number of hydrogen-bond donors (Lipinski definition) is 5. The van der Waals surface area contributed by atoms with Crippen molar-refractivity contribution >= 4 is 23.2 Å². The first kappa shape index (κ1) is 51.3. The highest BCUT2D eigenvalue weighted by Gasteiger charge is 2.78. The van der Waals surface area contributed by atoms with Gasteiger partial charge in [0, 0.05) is 65.3 Å². The molecule has 4 saturated carbocycles. The van der Waals surface area contributed by atoms with E-state index in [0.29, 0.717) is 49.9 Å². The number of hydrogen-bond acceptors (Lipinski definition) is 5. The van der Waals surface area contributed by atoms with E-state index < -0.39 is 45.8 Å². The van der Waals surface area contributed by atoms with Gasteiger partial charge in [0.1, 0.15) is 0 Å². The van der Waals surface area contributed by atoms with Crippen LogP contribution in [0.15, 0.2) is 144 Å². The highest BCUT2D eigenvalue weighted by Crippen LogP contribution is 2.84. The van der Waals surface area contributed by atoms with Crippen molar-refractivity contribution in [2.45, 2.75) is 153 Å². The molecular formula is C74H84N2O4. The molecule has 19 rings (SSSR count). The van der Waals surface area contributed by atoms with Crippen LogP contribution in [-0.2, 0) is 11.2 Å². The van der Waals surface area contributed by atoms with Crippen molar-refractivity contribution < 1.29 is 20.1 Å². The van der Waals surface area contributed by atoms with Crippen molar-refractivity contribution in [3.8, 4) is 11.8 Å². The van der Waals surface area contributed by atoms with Crippen LogP contribution >= 0.6 is 0 Å². The molecule has 0 saturated heterocycles. The normalized spacial score (nSPS) is 40.4. The Labute approximate surface area is 475 Å². The van der Waals surface area contributed by atoms with E-state index in [1.807, 2.05) is 0 Å². The molecule has 2 spiro atoms. The van der Waals surface area contributed by atoms with Gasteiger partial charge in [-0.1, -0.05) is 159 Å². The van der Waals surface area contributed by atoms with E-state index in [-0.39, 0.29) is 35.0 Å². The van der Waals surface area contributed by atoms with Gasteiger partial charge in [-0.3, -0.25) is 4.79 Å². The van der Waals surface area contributed by atoms with Crippen LogP contribution in [0.4, 0.5) is 0 Å². The lowest BCUT2D eigenvalue weighted by molar-refractivity contribution is -0.177. The summed E-state index contributed by atoms with van der Waals surface area (Å²) in [6.45, 7) is 9.02. The predicted molar refractivity (Wildman–Crippen MR) is 319 cm³/mol. The van der Waals surface area contributed by atoms with E-state index in [1.165, 1.54) is 81.5 Å². The Bertz CT molecular complexity index is 3420. The molecule has 15 unspecified atom stereocenters. The molecule has 15 atom stereocenters. The highest BCUT2D eigenvalue weighted by atomic mass is 16.4. The van der Waals surface area contributed by atoms with E-state index in [9.17, 15) is 20.1 Å². The minimum Gasteiger partial charge on any atom is -0.481 e. The molecule has 18 bridgehead atoms. The zero-order chi connectivity index (χ0) is 54.2. The molecule has 80 heavy (non-hydrogen) atoms. The SMILES string of the molecule is C=C1CCC(C(=O)O)C2C(O)CC34CC(Cc5ccccc5)CC(CC5=C3CC36C=CCC78CC#CCC(C9=c%10ccccc%10=CC(C9=C3)C5(CCC7O)C68)c3cccc(c3)C3=CC=C(NCCCC1C1CCCCC1)NC3)C24C. The first-order chi connectivity index (χ1) is 39.0. The van der Waals surface area contributed by atoms with Crippen molar-refractivity contribution in [2.24, 2.45) is 74.4 Å². The minimum absolute atomic E-state index is 0.0239. The molecular weight excluding hydrogens is 981 g/mol. The maximum atomic E-state index is 14.4. The van der Waals surface area contributed by atoms with Gasteiger partial charge in [-0.05, 0) is 181 Å². The molecule has 6 heteroatoms. The summed E-state index contributed by atoms with van der Waals surface area (Å²) in [6, 6.07) is 29.7. The fraction of sp³-hybridized carbons (Fsp3) is 0.527. The smallest absolute Gasteiger partial charge is 0.306 e. The zero-order valence-electron chi connectivity index (χ0n) is 47.3. The number of nitrogens with one attached hydrogen (secondary N) is 2. The fourth-order valence-corrected chi connectivity index (χ4v) is 22.0. The van der Waals surface area contributed by atoms with Gasteiger partial charge in [-0.2, -0.15) is 0 Å². The molecule has 3 aromatic carbocycles. The van der Waals surface area contributed by atoms with Crippen LogP contribution in [-0.4, -0.2) is 46.6 Å². The number of aliphatic carboxylic acids is 1. The lowest BCUT2D eigenvalue weighted by atomic mass is 9.29. The third-order valence-corrected chi connectivity index (χ3v) is 24.9. The number of fused-ring (bicyclic) bond motifs is 1. The predicted octanol–water partition coefficient (Wildman–Crippen LogP) is 12.7. The first-order valence-electron chi connectivity index (χ1n) is 31.7. The van der Waals surface area contributed by atoms with E-state index in [2.05, 4.69) is 145 Å². The Kier molecular flexibility index (Phi) is 12.3. The van der Waals surface area contributed by atoms with Crippen molar-refractivity contribution in [2.75, 3.05) is 13.1 Å². The van der Waals surface area contributed by atoms with E-state index >= 15 is 0 Å². The van der Waals surface area contributed by atoms with Gasteiger partial charge in [0.2, 0.25) is 0 Å². The molecule has 5 N–H and O–H groups in total. The number of rotatable bonds is 4. The van der Waals surface area contributed by atoms with Crippen LogP contribution in [0.3, 0.4) is 0 Å². The van der Waals surface area contributed by atoms with Gasteiger partial charge < -0.3 is 26.0 Å². The Morgan fingerprint density at radius 2 is 1.73 bits per heavy atom. The number of carbonyl (C=O) groups is 1. The lowest BCUT2D eigenvalue weighted by Gasteiger charge is -2.74. The fourth-order valence-electron chi connectivity index (χ4n) is 22.0. The molecule has 0 aromatic heterocycles. The standard InChI is InChI=1S/C74H84N2O4/c1-46-26-28-58(68(79)80)67-63(77)44-73-41-48(36-47-16-5-3-6-17-47)37-54(70(67,73)2)40-61-62(73)43-71-31-15-33-72-32-12-11-24-56(66-57-23-10-9-20-52(57)39-60(59(66)42-71)74(61,69(71)72)34-30-64(72)78)51-22-13-21-50(38-51)53-27-29-65(76-45-53)75-35-14-25-55(46)49-18-7-4-8-19-49/h3,5-6,9-10,13,15-17,20-23,27,29,31,38-39,42,48-49,54-56,58,60,63-64,67,69,75-78H,1,4,7-8,14,18-19,24-26,28,30,32-37,40-41,43-45H2,2H3,(H,79,80). The van der Waals surface area contributed by atoms with Gasteiger partial charge in [0.25, 0.3) is 0 Å². The Hall–Kier alpha value is -5.61. The van der Waals surface area contributed by atoms with Crippen LogP contribution in [0.2, 0.25) is 0 Å². The van der Waals surface area contributed by atoms with Gasteiger partial charge in [-0.25, -0.2) is 0 Å². The van der Waals surface area contributed by atoms with Crippen molar-refractivity contribution in [1.29, 1.82) is 0 Å². The number of aliphatic hydroxyl groups is 2. The Morgan fingerprint density at radius 1 is 0.875 bits per heavy atom. The first-order valence-corrected chi connectivity index (χ1v) is 31.7. The molecule has 414 valence electrons. The lowest BCUT2D eigenvalue weighted by Crippen LogP contribution is -2.69. The number of benzene rings is 3. The van der Waals surface area contributed by atoms with Crippen LogP contribution in [0.5, 0.6) is 0 Å². The molecule has 6 heterocycles. The molecule has 0 radical (unpaired) electrons. The summed E-state index contributed by atoms with van der Waals surface area (Å²) in [5, 5.41) is 48.4. The minimum atomic E-state index is -0.743. The quantitative estimate of drug-likeness (QED) is 0.132. The highest BCUT2D eigenvalue weighted by molar-refractivity contribution is 5.80. The third-order valence-electron chi connectivity index (χ3n) is 24.9. The zero-order valence-corrected chi connectivity index (χ0v) is 47.3. The Morgan fingerprint density at radius 3 is 2.56 bits per heavy atom. The van der Waals surface area contributed by atoms with E-state index in [4.69, 9.17) is 6.58 Å². The average Bonchev–Trinajstić information content (AvgIpc) is 3.19. The van der Waals surface area contributed by atoms with Crippen molar-refractivity contribution in [3.63, 3.8) is 0 Å². The van der Waals surface area contributed by atoms with Crippen LogP contribution in [0.1, 0.15) is 152 Å². The number of aliphatic hydroxyl groups excluding tert-OH is 2. The monoisotopic (exact) mass is 1060 g/mol. The molecule has 3 aromatic rings. The number of allylic oxidation sites excluding steroid dienone is 9. The van der Waals surface area contributed by atoms with E-state index in [1.54, 1.807) is 11.1 Å². The summed E-state index contributed by atoms with van der Waals surface area (Å²) in [6.07, 6.45) is 32.6. The largest absolute Gasteiger partial charge is 0.481 e. The summed E-state index contributed by atoms with van der Waals surface area (Å²) in [4.78, 5) is 14.4. The van der Waals surface area contributed by atoms with Gasteiger partial charge in [0.05, 0.1) is 23.9 Å². The van der Waals surface area contributed by atoms with Crippen LogP contribution in [0.25, 0.3) is 17.2 Å². The average molecular weight is 1070 g/mol. The molecule has 6 aliphatic heterocycles. The van der Waals surface area contributed by atoms with Gasteiger partial charge in [-0.15, -0.1) is 11.8 Å². The summed E-state index contributed by atoms with van der Waals surface area (Å²) >= 11 is 0. The molecule has 0 amide bonds. The van der Waals surface area contributed by atoms with Crippen LogP contribution < -0.4 is 21.1 Å². The number of carboxylic acids is 1. The second-order valence-electron chi connectivity index (χ2n) is 28.2. The molecule has 10 aliphatic carbocycles. The van der Waals surface area contributed by atoms with Gasteiger partial charge in [0.15, 0.2) is 0 Å². The van der Waals surface area contributed by atoms with Crippen molar-refractivity contribution in [1.82, 2.24) is 10.6 Å². The maximum Gasteiger partial charge on any atom is 0.306 e. The summed E-state index contributed by atoms with van der Waals surface area (Å²) in [7, 11) is 0. The van der Waals surface area contributed by atoms with Crippen LogP contribution in [0, 0.1) is 86.3 Å². The second-order valence-corrected chi connectivity index (χ2v) is 28.2. The number of carboxylic acid groups (broad SMARTS) is 1. The summed E-state index contributed by atoms with van der Waals surface area (Å²) < 4.78 is 0.